The highest BCUT2D eigenvalue weighted by atomic mass is 16.5. The van der Waals surface area contributed by atoms with Gasteiger partial charge in [0.2, 0.25) is 11.7 Å². The van der Waals surface area contributed by atoms with Gasteiger partial charge in [-0.25, -0.2) is 0 Å². The standard InChI is InChI=1S/C19H18N2O2/c1-2-13-7-9-14(10-8-13)19-20-18(23-21-19)11-17-16-6-4-3-5-15(16)12-22-17/h3-10,17H,2,11-12H2,1H3. The molecule has 1 aliphatic rings. The van der Waals surface area contributed by atoms with E-state index in [9.17, 15) is 0 Å². The second-order valence-electron chi connectivity index (χ2n) is 5.76. The minimum absolute atomic E-state index is 0.00182. The van der Waals surface area contributed by atoms with Crippen molar-refractivity contribution in [2.24, 2.45) is 0 Å². The van der Waals surface area contributed by atoms with Gasteiger partial charge in [0, 0.05) is 5.56 Å². The fourth-order valence-electron chi connectivity index (χ4n) is 2.93. The van der Waals surface area contributed by atoms with Crippen LogP contribution in [0.4, 0.5) is 0 Å². The summed E-state index contributed by atoms with van der Waals surface area (Å²) in [6.45, 7) is 2.79. The first-order valence-electron chi connectivity index (χ1n) is 7.95. The van der Waals surface area contributed by atoms with E-state index in [0.717, 1.165) is 12.0 Å². The van der Waals surface area contributed by atoms with Crippen LogP contribution in [0.2, 0.25) is 0 Å². The predicted octanol–water partition coefficient (Wildman–Crippen LogP) is 4.11. The van der Waals surface area contributed by atoms with Crippen LogP contribution in [0.25, 0.3) is 11.4 Å². The third-order valence-electron chi connectivity index (χ3n) is 4.29. The van der Waals surface area contributed by atoms with Gasteiger partial charge in [0.25, 0.3) is 0 Å². The van der Waals surface area contributed by atoms with Crippen LogP contribution < -0.4 is 0 Å². The van der Waals surface area contributed by atoms with E-state index in [2.05, 4.69) is 41.3 Å². The minimum Gasteiger partial charge on any atom is -0.368 e. The molecule has 1 atom stereocenters. The summed E-state index contributed by atoms with van der Waals surface area (Å²) in [5.74, 6) is 1.25. The number of hydrogen-bond donors (Lipinski definition) is 0. The SMILES string of the molecule is CCc1ccc(-c2noc(CC3OCc4ccccc43)n2)cc1. The molecule has 1 unspecified atom stereocenters. The molecule has 4 rings (SSSR count). The molecule has 0 saturated carbocycles. The number of aromatic nitrogens is 2. The van der Waals surface area contributed by atoms with Gasteiger partial charge in [0.05, 0.1) is 19.1 Å². The first-order chi connectivity index (χ1) is 11.3. The summed E-state index contributed by atoms with van der Waals surface area (Å²) in [6.07, 6.45) is 1.63. The van der Waals surface area contributed by atoms with E-state index in [0.29, 0.717) is 24.7 Å². The Morgan fingerprint density at radius 3 is 2.74 bits per heavy atom. The van der Waals surface area contributed by atoms with E-state index >= 15 is 0 Å². The van der Waals surface area contributed by atoms with Gasteiger partial charge in [-0.3, -0.25) is 0 Å². The van der Waals surface area contributed by atoms with Crippen LogP contribution in [-0.2, 0) is 24.2 Å². The van der Waals surface area contributed by atoms with Gasteiger partial charge in [0.15, 0.2) is 0 Å². The maximum Gasteiger partial charge on any atom is 0.229 e. The average Bonchev–Trinajstić information content (AvgIpc) is 3.23. The third-order valence-corrected chi connectivity index (χ3v) is 4.29. The molecule has 2 aromatic carbocycles. The zero-order valence-electron chi connectivity index (χ0n) is 13.0. The highest BCUT2D eigenvalue weighted by Crippen LogP contribution is 2.32. The molecule has 0 radical (unpaired) electrons. The van der Waals surface area contributed by atoms with E-state index in [1.807, 2.05) is 24.3 Å². The molecule has 0 aliphatic carbocycles. The molecule has 0 N–H and O–H groups in total. The van der Waals surface area contributed by atoms with Crippen molar-refractivity contribution in [2.45, 2.75) is 32.5 Å². The van der Waals surface area contributed by atoms with Gasteiger partial charge in [-0.2, -0.15) is 4.98 Å². The molecule has 1 aliphatic heterocycles. The van der Waals surface area contributed by atoms with Crippen molar-refractivity contribution < 1.29 is 9.26 Å². The smallest absolute Gasteiger partial charge is 0.229 e. The van der Waals surface area contributed by atoms with E-state index in [1.54, 1.807) is 0 Å². The number of benzene rings is 2. The molecule has 23 heavy (non-hydrogen) atoms. The molecule has 4 nitrogen and oxygen atoms in total. The monoisotopic (exact) mass is 306 g/mol. The summed E-state index contributed by atoms with van der Waals surface area (Å²) in [5, 5.41) is 4.10. The quantitative estimate of drug-likeness (QED) is 0.727. The fraction of sp³-hybridized carbons (Fsp3) is 0.263. The van der Waals surface area contributed by atoms with Gasteiger partial charge in [-0.1, -0.05) is 60.6 Å². The van der Waals surface area contributed by atoms with Crippen LogP contribution >= 0.6 is 0 Å². The summed E-state index contributed by atoms with van der Waals surface area (Å²) in [4.78, 5) is 4.51. The van der Waals surface area contributed by atoms with Crippen molar-refractivity contribution in [3.8, 4) is 11.4 Å². The van der Waals surface area contributed by atoms with Crippen molar-refractivity contribution in [3.05, 3.63) is 71.1 Å². The van der Waals surface area contributed by atoms with Crippen molar-refractivity contribution in [1.82, 2.24) is 10.1 Å². The van der Waals surface area contributed by atoms with Gasteiger partial charge < -0.3 is 9.26 Å². The third kappa shape index (κ3) is 2.78. The van der Waals surface area contributed by atoms with Crippen LogP contribution in [-0.4, -0.2) is 10.1 Å². The maximum atomic E-state index is 5.84. The highest BCUT2D eigenvalue weighted by molar-refractivity contribution is 5.54. The first-order valence-corrected chi connectivity index (χ1v) is 7.95. The molecule has 3 aromatic rings. The number of rotatable bonds is 4. The van der Waals surface area contributed by atoms with Crippen molar-refractivity contribution in [1.29, 1.82) is 0 Å². The van der Waals surface area contributed by atoms with Gasteiger partial charge in [-0.05, 0) is 23.1 Å². The first kappa shape index (κ1) is 14.2. The largest absolute Gasteiger partial charge is 0.368 e. The molecule has 4 heteroatoms. The average molecular weight is 306 g/mol. The second kappa shape index (κ2) is 5.97. The lowest BCUT2D eigenvalue weighted by molar-refractivity contribution is 0.0608. The molecule has 0 fully saturated rings. The van der Waals surface area contributed by atoms with Gasteiger partial charge >= 0.3 is 0 Å². The fourth-order valence-corrected chi connectivity index (χ4v) is 2.93. The highest BCUT2D eigenvalue weighted by Gasteiger charge is 2.25. The van der Waals surface area contributed by atoms with E-state index < -0.39 is 0 Å². The van der Waals surface area contributed by atoms with Crippen LogP contribution in [0.3, 0.4) is 0 Å². The van der Waals surface area contributed by atoms with Gasteiger partial charge in [0.1, 0.15) is 0 Å². The number of ether oxygens (including phenoxy) is 1. The van der Waals surface area contributed by atoms with Crippen LogP contribution in [0.15, 0.2) is 53.1 Å². The Morgan fingerprint density at radius 2 is 1.91 bits per heavy atom. The Bertz CT molecular complexity index is 808. The van der Waals surface area contributed by atoms with Crippen LogP contribution in [0, 0.1) is 0 Å². The summed E-state index contributed by atoms with van der Waals surface area (Å²) < 4.78 is 11.3. The zero-order chi connectivity index (χ0) is 15.6. The predicted molar refractivity (Wildman–Crippen MR) is 86.8 cm³/mol. The Balaban J connectivity index is 1.52. The summed E-state index contributed by atoms with van der Waals surface area (Å²) in [6, 6.07) is 16.6. The zero-order valence-corrected chi connectivity index (χ0v) is 13.0. The molecular weight excluding hydrogens is 288 g/mol. The van der Waals surface area contributed by atoms with Crippen molar-refractivity contribution in [3.63, 3.8) is 0 Å². The van der Waals surface area contributed by atoms with E-state index in [-0.39, 0.29) is 6.10 Å². The summed E-state index contributed by atoms with van der Waals surface area (Å²) >= 11 is 0. The minimum atomic E-state index is 0.00182. The Hall–Kier alpha value is -2.46. The lowest BCUT2D eigenvalue weighted by atomic mass is 10.0. The maximum absolute atomic E-state index is 5.84. The lowest BCUT2D eigenvalue weighted by Crippen LogP contribution is -2.01. The second-order valence-corrected chi connectivity index (χ2v) is 5.76. The molecular formula is C19H18N2O2. The Labute approximate surface area is 135 Å². The Kier molecular flexibility index (Phi) is 3.67. The molecule has 0 bridgehead atoms. The summed E-state index contributed by atoms with van der Waals surface area (Å²) in [7, 11) is 0. The van der Waals surface area contributed by atoms with Crippen molar-refractivity contribution >= 4 is 0 Å². The number of aryl methyl sites for hydroxylation is 1. The molecule has 1 aromatic heterocycles. The normalized spacial score (nSPS) is 16.5. The van der Waals surface area contributed by atoms with Gasteiger partial charge in [-0.15, -0.1) is 0 Å². The number of hydrogen-bond acceptors (Lipinski definition) is 4. The van der Waals surface area contributed by atoms with Crippen molar-refractivity contribution in [2.75, 3.05) is 0 Å². The molecule has 2 heterocycles. The molecule has 0 spiro atoms. The number of nitrogens with zero attached hydrogens (tertiary/aromatic N) is 2. The Morgan fingerprint density at radius 1 is 1.09 bits per heavy atom. The topological polar surface area (TPSA) is 48.2 Å². The molecule has 116 valence electrons. The van der Waals surface area contributed by atoms with Crippen LogP contribution in [0.1, 0.15) is 35.6 Å². The summed E-state index contributed by atoms with van der Waals surface area (Å²) in [5.41, 5.74) is 4.74. The lowest BCUT2D eigenvalue weighted by Gasteiger charge is -2.07. The molecule has 0 amide bonds. The molecule has 0 saturated heterocycles. The van der Waals surface area contributed by atoms with E-state index in [1.165, 1.54) is 16.7 Å². The van der Waals surface area contributed by atoms with E-state index in [4.69, 9.17) is 9.26 Å². The number of fused-ring (bicyclic) bond motifs is 1. The van der Waals surface area contributed by atoms with Crippen LogP contribution in [0.5, 0.6) is 0 Å².